The van der Waals surface area contributed by atoms with Crippen LogP contribution in [0.4, 0.5) is 17.5 Å². The Labute approximate surface area is 178 Å². The Morgan fingerprint density at radius 1 is 1.06 bits per heavy atom. The number of fused-ring (bicyclic) bond motifs is 1. The summed E-state index contributed by atoms with van der Waals surface area (Å²) in [7, 11) is 1.92. The predicted octanol–water partition coefficient (Wildman–Crippen LogP) is 1.55. The molecule has 0 radical (unpaired) electrons. The second-order valence-corrected chi connectivity index (χ2v) is 6.95. The number of aromatic nitrogens is 5. The molecule has 3 aromatic heterocycles. The molecule has 0 aliphatic carbocycles. The van der Waals surface area contributed by atoms with Crippen LogP contribution in [-0.4, -0.2) is 37.9 Å². The highest BCUT2D eigenvalue weighted by Gasteiger charge is 2.11. The molecule has 0 saturated heterocycles. The van der Waals surface area contributed by atoms with E-state index in [1.165, 1.54) is 0 Å². The minimum Gasteiger partial charge on any atom is -0.382 e. The number of nitrogens with one attached hydrogen (secondary N) is 1. The van der Waals surface area contributed by atoms with Gasteiger partial charge in [0.05, 0.1) is 18.4 Å². The number of rotatable bonds is 6. The molecule has 0 unspecified atom stereocenters. The van der Waals surface area contributed by atoms with E-state index < -0.39 is 0 Å². The lowest BCUT2D eigenvalue weighted by atomic mass is 10.1. The minimum absolute atomic E-state index is 0.0636. The van der Waals surface area contributed by atoms with Crippen LogP contribution >= 0.6 is 0 Å². The molecule has 0 bridgehead atoms. The Morgan fingerprint density at radius 3 is 2.61 bits per heavy atom. The topological polar surface area (TPSA) is 149 Å². The molecule has 0 atom stereocenters. The average Bonchev–Trinajstić information content (AvgIpc) is 2.78. The number of anilines is 3. The molecule has 4 rings (SSSR count). The maximum Gasteiger partial charge on any atom is 0.251 e. The zero-order valence-corrected chi connectivity index (χ0v) is 16.9. The monoisotopic (exact) mass is 415 g/mol. The van der Waals surface area contributed by atoms with Crippen molar-refractivity contribution >= 4 is 34.5 Å². The number of nitrogen functional groups attached to an aromatic ring is 2. The van der Waals surface area contributed by atoms with Gasteiger partial charge in [-0.3, -0.25) is 9.78 Å². The van der Waals surface area contributed by atoms with Gasteiger partial charge < -0.3 is 21.7 Å². The quantitative estimate of drug-likeness (QED) is 0.426. The SMILES string of the molecule is CN(Cc1cnc2nc(N)nc(N)c2n1)c1ccc(C(=O)NCc2cccnc2)cc1. The summed E-state index contributed by atoms with van der Waals surface area (Å²) in [5.41, 5.74) is 15.4. The van der Waals surface area contributed by atoms with E-state index in [1.54, 1.807) is 30.7 Å². The molecule has 10 nitrogen and oxygen atoms in total. The second kappa shape index (κ2) is 8.57. The molecule has 0 saturated carbocycles. The summed E-state index contributed by atoms with van der Waals surface area (Å²) in [6.07, 6.45) is 5.05. The highest BCUT2D eigenvalue weighted by molar-refractivity contribution is 5.94. The fraction of sp³-hybridized carbons (Fsp3) is 0.143. The lowest BCUT2D eigenvalue weighted by Gasteiger charge is -2.19. The largest absolute Gasteiger partial charge is 0.382 e. The van der Waals surface area contributed by atoms with Crippen molar-refractivity contribution in [3.63, 3.8) is 0 Å². The van der Waals surface area contributed by atoms with Gasteiger partial charge in [0.2, 0.25) is 5.95 Å². The molecule has 3 heterocycles. The third kappa shape index (κ3) is 4.64. The summed E-state index contributed by atoms with van der Waals surface area (Å²) >= 11 is 0. The average molecular weight is 415 g/mol. The summed E-state index contributed by atoms with van der Waals surface area (Å²) < 4.78 is 0. The first-order chi connectivity index (χ1) is 15.0. The summed E-state index contributed by atoms with van der Waals surface area (Å²) in [6.45, 7) is 0.909. The van der Waals surface area contributed by atoms with Crippen molar-refractivity contribution in [2.75, 3.05) is 23.4 Å². The zero-order valence-electron chi connectivity index (χ0n) is 16.9. The van der Waals surface area contributed by atoms with E-state index >= 15 is 0 Å². The van der Waals surface area contributed by atoms with Crippen LogP contribution in [0.1, 0.15) is 21.6 Å². The number of nitrogens with zero attached hydrogens (tertiary/aromatic N) is 6. The fourth-order valence-electron chi connectivity index (χ4n) is 3.05. The standard InChI is InChI=1S/C21H21N9O/c1-30(12-15-11-25-19-17(27-15)18(22)28-21(23)29-19)16-6-4-14(5-7-16)20(31)26-10-13-3-2-8-24-9-13/h2-9,11H,10,12H2,1H3,(H,26,31)(H4,22,23,25,28,29). The summed E-state index contributed by atoms with van der Waals surface area (Å²) in [5.74, 6) is 0.114. The fourth-order valence-corrected chi connectivity index (χ4v) is 3.05. The van der Waals surface area contributed by atoms with Crippen molar-refractivity contribution in [1.29, 1.82) is 0 Å². The van der Waals surface area contributed by atoms with Crippen LogP contribution in [0.5, 0.6) is 0 Å². The minimum atomic E-state index is -0.145. The van der Waals surface area contributed by atoms with E-state index in [0.29, 0.717) is 35.5 Å². The van der Waals surface area contributed by atoms with Gasteiger partial charge in [-0.1, -0.05) is 6.07 Å². The van der Waals surface area contributed by atoms with Crippen LogP contribution in [0.15, 0.2) is 55.0 Å². The molecule has 1 amide bonds. The Balaban J connectivity index is 1.41. The van der Waals surface area contributed by atoms with Crippen LogP contribution in [0.2, 0.25) is 0 Å². The number of amides is 1. The predicted molar refractivity (Wildman–Crippen MR) is 118 cm³/mol. The molecule has 156 valence electrons. The van der Waals surface area contributed by atoms with Crippen molar-refractivity contribution in [2.45, 2.75) is 13.1 Å². The molecular formula is C21H21N9O. The number of hydrogen-bond donors (Lipinski definition) is 3. The third-order valence-corrected chi connectivity index (χ3v) is 4.65. The third-order valence-electron chi connectivity index (χ3n) is 4.65. The van der Waals surface area contributed by atoms with Crippen molar-refractivity contribution in [1.82, 2.24) is 30.2 Å². The molecule has 5 N–H and O–H groups in total. The highest BCUT2D eigenvalue weighted by atomic mass is 16.1. The van der Waals surface area contributed by atoms with E-state index in [0.717, 1.165) is 11.3 Å². The summed E-state index contributed by atoms with van der Waals surface area (Å²) in [5, 5.41) is 2.89. The maximum absolute atomic E-state index is 12.4. The number of carbonyl (C=O) groups is 1. The van der Waals surface area contributed by atoms with E-state index in [2.05, 4.69) is 30.2 Å². The van der Waals surface area contributed by atoms with Gasteiger partial charge in [-0.15, -0.1) is 0 Å². The lowest BCUT2D eigenvalue weighted by molar-refractivity contribution is 0.0951. The number of benzene rings is 1. The van der Waals surface area contributed by atoms with Crippen LogP contribution < -0.4 is 21.7 Å². The van der Waals surface area contributed by atoms with Gasteiger partial charge in [-0.2, -0.15) is 9.97 Å². The van der Waals surface area contributed by atoms with Crippen molar-refractivity contribution < 1.29 is 4.79 Å². The Kier molecular flexibility index (Phi) is 5.52. The van der Waals surface area contributed by atoms with Gasteiger partial charge in [0.15, 0.2) is 17.0 Å². The first kappa shape index (κ1) is 20.0. The van der Waals surface area contributed by atoms with E-state index in [1.807, 2.05) is 36.2 Å². The molecule has 0 aliphatic heterocycles. The molecule has 0 aliphatic rings. The van der Waals surface area contributed by atoms with Gasteiger partial charge >= 0.3 is 0 Å². The molecule has 31 heavy (non-hydrogen) atoms. The number of carbonyl (C=O) groups excluding carboxylic acids is 1. The first-order valence-corrected chi connectivity index (χ1v) is 9.52. The zero-order chi connectivity index (χ0) is 21.8. The Morgan fingerprint density at radius 2 is 1.87 bits per heavy atom. The van der Waals surface area contributed by atoms with Crippen molar-refractivity contribution in [2.24, 2.45) is 0 Å². The number of hydrogen-bond acceptors (Lipinski definition) is 9. The van der Waals surface area contributed by atoms with Crippen LogP contribution in [0, 0.1) is 0 Å². The molecule has 0 fully saturated rings. The molecule has 10 heteroatoms. The molecule has 1 aromatic carbocycles. The Bertz CT molecular complexity index is 1210. The smallest absolute Gasteiger partial charge is 0.251 e. The molecule has 0 spiro atoms. The Hall–Kier alpha value is -4.34. The lowest BCUT2D eigenvalue weighted by Crippen LogP contribution is -2.23. The van der Waals surface area contributed by atoms with E-state index in [4.69, 9.17) is 11.5 Å². The normalized spacial score (nSPS) is 10.7. The van der Waals surface area contributed by atoms with E-state index in [-0.39, 0.29) is 17.7 Å². The maximum atomic E-state index is 12.4. The summed E-state index contributed by atoms with van der Waals surface area (Å²) in [4.78, 5) is 35.1. The number of pyridine rings is 1. The summed E-state index contributed by atoms with van der Waals surface area (Å²) in [6, 6.07) is 11.1. The number of nitrogens with two attached hydrogens (primary N) is 2. The second-order valence-electron chi connectivity index (χ2n) is 6.95. The van der Waals surface area contributed by atoms with Gasteiger partial charge in [-0.05, 0) is 35.9 Å². The highest BCUT2D eigenvalue weighted by Crippen LogP contribution is 2.18. The van der Waals surface area contributed by atoms with E-state index in [9.17, 15) is 4.79 Å². The van der Waals surface area contributed by atoms with Gasteiger partial charge in [0.1, 0.15) is 0 Å². The first-order valence-electron chi connectivity index (χ1n) is 9.52. The van der Waals surface area contributed by atoms with Crippen LogP contribution in [0.3, 0.4) is 0 Å². The molecular weight excluding hydrogens is 394 g/mol. The van der Waals surface area contributed by atoms with Gasteiger partial charge in [0.25, 0.3) is 5.91 Å². The van der Waals surface area contributed by atoms with Gasteiger partial charge in [0, 0.05) is 37.2 Å². The van der Waals surface area contributed by atoms with Crippen molar-refractivity contribution in [3.8, 4) is 0 Å². The molecule has 4 aromatic rings. The van der Waals surface area contributed by atoms with Crippen molar-refractivity contribution in [3.05, 3.63) is 71.8 Å². The van der Waals surface area contributed by atoms with Crippen LogP contribution in [-0.2, 0) is 13.1 Å². The van der Waals surface area contributed by atoms with Crippen LogP contribution in [0.25, 0.3) is 11.2 Å². The van der Waals surface area contributed by atoms with Gasteiger partial charge in [-0.25, -0.2) is 9.97 Å².